The Morgan fingerprint density at radius 3 is 2.26 bits per heavy atom. The molecule has 108 valence electrons. The highest BCUT2D eigenvalue weighted by Gasteiger charge is 2.32. The van der Waals surface area contributed by atoms with E-state index in [-0.39, 0.29) is 22.8 Å². The maximum Gasteiger partial charge on any atom is 0.155 e. The van der Waals surface area contributed by atoms with Gasteiger partial charge in [0.25, 0.3) is 0 Å². The zero-order chi connectivity index (χ0) is 14.8. The number of rotatable bonds is 4. The van der Waals surface area contributed by atoms with E-state index in [0.717, 1.165) is 5.69 Å². The molecule has 1 heterocycles. The topological polar surface area (TPSA) is 46.9 Å². The van der Waals surface area contributed by atoms with Crippen LogP contribution < -0.4 is 5.32 Å². The number of aromatic nitrogens is 2. The minimum atomic E-state index is -0.350. The van der Waals surface area contributed by atoms with Crippen molar-refractivity contribution in [1.29, 1.82) is 0 Å². The third-order valence-electron chi connectivity index (χ3n) is 2.83. The van der Waals surface area contributed by atoms with Crippen molar-refractivity contribution in [1.82, 2.24) is 14.9 Å². The lowest BCUT2D eigenvalue weighted by molar-refractivity contribution is -0.128. The van der Waals surface area contributed by atoms with E-state index < -0.39 is 0 Å². The molecule has 0 fully saturated rings. The normalized spacial score (nSPS) is 14.5. The third kappa shape index (κ3) is 5.15. The first-order chi connectivity index (χ1) is 8.49. The van der Waals surface area contributed by atoms with Gasteiger partial charge < -0.3 is 9.88 Å². The highest BCUT2D eigenvalue weighted by Crippen LogP contribution is 2.20. The number of hydrogen-bond donors (Lipinski definition) is 1. The van der Waals surface area contributed by atoms with E-state index in [1.807, 2.05) is 38.6 Å². The van der Waals surface area contributed by atoms with Crippen molar-refractivity contribution in [3.05, 3.63) is 18.2 Å². The molecule has 4 nitrogen and oxygen atoms in total. The Balaban J connectivity index is 2.90. The maximum absolute atomic E-state index is 12.6. The van der Waals surface area contributed by atoms with Crippen LogP contribution in [0.25, 0.3) is 0 Å². The lowest BCUT2D eigenvalue weighted by Crippen LogP contribution is -2.51. The monoisotopic (exact) mass is 265 g/mol. The number of carbonyl (C=O) groups excluding carboxylic acids is 1. The second kappa shape index (κ2) is 5.45. The number of aryl methyl sites for hydroxylation is 1. The van der Waals surface area contributed by atoms with Gasteiger partial charge in [0.15, 0.2) is 5.78 Å². The van der Waals surface area contributed by atoms with Crippen LogP contribution in [0.4, 0.5) is 0 Å². The fourth-order valence-electron chi connectivity index (χ4n) is 2.04. The van der Waals surface area contributed by atoms with Crippen LogP contribution >= 0.6 is 0 Å². The molecule has 1 aromatic heterocycles. The van der Waals surface area contributed by atoms with Crippen molar-refractivity contribution in [2.45, 2.75) is 59.5 Å². The molecular formula is C15H27N3O. The Hall–Kier alpha value is -1.16. The molecule has 0 aliphatic carbocycles. The van der Waals surface area contributed by atoms with Crippen molar-refractivity contribution < 1.29 is 4.79 Å². The summed E-state index contributed by atoms with van der Waals surface area (Å²) >= 11 is 0. The van der Waals surface area contributed by atoms with Gasteiger partial charge in [-0.25, -0.2) is 4.98 Å². The van der Waals surface area contributed by atoms with Gasteiger partial charge in [-0.3, -0.25) is 4.79 Å². The van der Waals surface area contributed by atoms with Crippen molar-refractivity contribution in [2.75, 3.05) is 0 Å². The van der Waals surface area contributed by atoms with Gasteiger partial charge in [0, 0.05) is 30.6 Å². The van der Waals surface area contributed by atoms with Gasteiger partial charge >= 0.3 is 0 Å². The van der Waals surface area contributed by atoms with Crippen molar-refractivity contribution in [3.8, 4) is 0 Å². The molecule has 4 heteroatoms. The molecule has 0 aliphatic rings. The second-order valence-corrected chi connectivity index (χ2v) is 7.30. The fourth-order valence-corrected chi connectivity index (χ4v) is 2.04. The molecule has 1 N–H and O–H groups in total. The van der Waals surface area contributed by atoms with Gasteiger partial charge in [-0.05, 0) is 20.8 Å². The zero-order valence-corrected chi connectivity index (χ0v) is 13.2. The molecular weight excluding hydrogens is 238 g/mol. The van der Waals surface area contributed by atoms with E-state index in [9.17, 15) is 4.79 Å². The number of hydrogen-bond acceptors (Lipinski definition) is 3. The third-order valence-corrected chi connectivity index (χ3v) is 2.83. The van der Waals surface area contributed by atoms with Crippen molar-refractivity contribution in [3.63, 3.8) is 0 Å². The first-order valence-corrected chi connectivity index (χ1v) is 6.78. The number of carbonyl (C=O) groups is 1. The number of imidazole rings is 1. The molecule has 0 saturated heterocycles. The Kier molecular flexibility index (Phi) is 4.56. The molecule has 1 atom stereocenters. The van der Waals surface area contributed by atoms with Crippen LogP contribution in [-0.2, 0) is 18.3 Å². The molecule has 0 amide bonds. The molecule has 0 saturated carbocycles. The van der Waals surface area contributed by atoms with Crippen LogP contribution in [-0.4, -0.2) is 26.9 Å². The number of nitrogens with one attached hydrogen (secondary N) is 1. The molecule has 0 spiro atoms. The van der Waals surface area contributed by atoms with Gasteiger partial charge in [0.2, 0.25) is 0 Å². The summed E-state index contributed by atoms with van der Waals surface area (Å²) in [5, 5.41) is 3.42. The lowest BCUT2D eigenvalue weighted by Gasteiger charge is -2.31. The molecule has 0 unspecified atom stereocenters. The second-order valence-electron chi connectivity index (χ2n) is 7.30. The largest absolute Gasteiger partial charge is 0.340 e. The summed E-state index contributed by atoms with van der Waals surface area (Å²) in [6.07, 6.45) is 4.37. The smallest absolute Gasteiger partial charge is 0.155 e. The van der Waals surface area contributed by atoms with E-state index in [4.69, 9.17) is 0 Å². The van der Waals surface area contributed by atoms with Crippen molar-refractivity contribution in [2.24, 2.45) is 12.5 Å². The number of Topliss-reactive ketones (excluding diaryl/α,β-unsaturated/α-hetero) is 1. The van der Waals surface area contributed by atoms with Crippen LogP contribution in [0, 0.1) is 5.41 Å². The molecule has 19 heavy (non-hydrogen) atoms. The number of nitrogens with zero attached hydrogens (tertiary/aromatic N) is 2. The Morgan fingerprint density at radius 1 is 1.32 bits per heavy atom. The summed E-state index contributed by atoms with van der Waals surface area (Å²) in [4.78, 5) is 16.9. The molecule has 0 bridgehead atoms. The Labute approximate surface area is 116 Å². The van der Waals surface area contributed by atoms with Gasteiger partial charge in [0.1, 0.15) is 0 Å². The predicted octanol–water partition coefficient (Wildman–Crippen LogP) is 2.33. The highest BCUT2D eigenvalue weighted by atomic mass is 16.1. The molecule has 1 aromatic rings. The van der Waals surface area contributed by atoms with Crippen LogP contribution in [0.5, 0.6) is 0 Å². The summed E-state index contributed by atoms with van der Waals surface area (Å²) in [5.74, 6) is 0.230. The van der Waals surface area contributed by atoms with E-state index in [2.05, 4.69) is 31.1 Å². The first-order valence-electron chi connectivity index (χ1n) is 6.78. The minimum absolute atomic E-state index is 0.0969. The molecule has 0 radical (unpaired) electrons. The quantitative estimate of drug-likeness (QED) is 0.909. The molecule has 1 rings (SSSR count). The lowest BCUT2D eigenvalue weighted by atomic mass is 9.84. The standard InChI is InChI=1S/C15H27N3O/c1-14(2,3)13(19)12(17-15(4,5)6)8-11-9-18(7)10-16-11/h9-10,12,17H,8H2,1-7H3/t12-/m0/s1. The van der Waals surface area contributed by atoms with E-state index >= 15 is 0 Å². The highest BCUT2D eigenvalue weighted by molar-refractivity contribution is 5.89. The summed E-state index contributed by atoms with van der Waals surface area (Å²) in [6.45, 7) is 12.1. The average molecular weight is 265 g/mol. The summed E-state index contributed by atoms with van der Waals surface area (Å²) in [6, 6.07) is -0.199. The van der Waals surface area contributed by atoms with Gasteiger partial charge in [0.05, 0.1) is 18.1 Å². The molecule has 0 aliphatic heterocycles. The Bertz CT molecular complexity index is 435. The van der Waals surface area contributed by atoms with Crippen LogP contribution in [0.1, 0.15) is 47.2 Å². The van der Waals surface area contributed by atoms with E-state index in [0.29, 0.717) is 6.42 Å². The number of ketones is 1. The maximum atomic E-state index is 12.6. The van der Waals surface area contributed by atoms with Crippen LogP contribution in [0.3, 0.4) is 0 Å². The van der Waals surface area contributed by atoms with Gasteiger partial charge in [-0.1, -0.05) is 20.8 Å². The summed E-state index contributed by atoms with van der Waals surface area (Å²) in [5.41, 5.74) is 0.500. The van der Waals surface area contributed by atoms with Gasteiger partial charge in [-0.2, -0.15) is 0 Å². The SMILES string of the molecule is Cn1cnc(C[C@H](NC(C)(C)C)C(=O)C(C)(C)C)c1. The predicted molar refractivity (Wildman–Crippen MR) is 78.1 cm³/mol. The first kappa shape index (κ1) is 15.9. The van der Waals surface area contributed by atoms with E-state index in [1.54, 1.807) is 6.33 Å². The van der Waals surface area contributed by atoms with Crippen LogP contribution in [0.15, 0.2) is 12.5 Å². The minimum Gasteiger partial charge on any atom is -0.340 e. The molecule has 0 aromatic carbocycles. The average Bonchev–Trinajstić information content (AvgIpc) is 2.58. The van der Waals surface area contributed by atoms with Crippen LogP contribution in [0.2, 0.25) is 0 Å². The van der Waals surface area contributed by atoms with Crippen molar-refractivity contribution >= 4 is 5.78 Å². The summed E-state index contributed by atoms with van der Waals surface area (Å²) in [7, 11) is 1.94. The van der Waals surface area contributed by atoms with E-state index in [1.165, 1.54) is 0 Å². The Morgan fingerprint density at radius 2 is 1.89 bits per heavy atom. The summed E-state index contributed by atoms with van der Waals surface area (Å²) < 4.78 is 1.91. The van der Waals surface area contributed by atoms with Gasteiger partial charge in [-0.15, -0.1) is 0 Å². The zero-order valence-electron chi connectivity index (χ0n) is 13.2. The fraction of sp³-hybridized carbons (Fsp3) is 0.733.